The first-order valence-corrected chi connectivity index (χ1v) is 8.49. The predicted octanol–water partition coefficient (Wildman–Crippen LogP) is 2.65. The quantitative estimate of drug-likeness (QED) is 0.812. The van der Waals surface area contributed by atoms with Gasteiger partial charge in [0.2, 0.25) is 0 Å². The number of hydrogen-bond acceptors (Lipinski definition) is 4. The molecule has 4 heteroatoms. The highest BCUT2D eigenvalue weighted by atomic mass is 16.3. The standard InChI is InChI=1S/C18H31N3O/c1-15(2)14-21-10-8-17(9-11-21)19-16-4-6-18(7-5-16)20(3)12-13-22/h4-7,15,17,19,22H,8-14H2,1-3H3. The summed E-state index contributed by atoms with van der Waals surface area (Å²) in [5.74, 6) is 0.757. The third kappa shape index (κ3) is 5.18. The predicted molar refractivity (Wildman–Crippen MR) is 94.7 cm³/mol. The molecule has 0 amide bonds. The van der Waals surface area contributed by atoms with Crippen molar-refractivity contribution in [2.45, 2.75) is 32.7 Å². The van der Waals surface area contributed by atoms with Crippen LogP contribution in [0.1, 0.15) is 26.7 Å². The first-order valence-electron chi connectivity index (χ1n) is 8.49. The molecule has 0 atom stereocenters. The summed E-state index contributed by atoms with van der Waals surface area (Å²) < 4.78 is 0. The highest BCUT2D eigenvalue weighted by Crippen LogP contribution is 2.20. The highest BCUT2D eigenvalue weighted by molar-refractivity contribution is 5.55. The van der Waals surface area contributed by atoms with Crippen molar-refractivity contribution in [3.8, 4) is 0 Å². The van der Waals surface area contributed by atoms with Crippen LogP contribution in [0.4, 0.5) is 11.4 Å². The van der Waals surface area contributed by atoms with Crippen molar-refractivity contribution in [2.75, 3.05) is 50.1 Å². The molecule has 22 heavy (non-hydrogen) atoms. The molecule has 1 heterocycles. The van der Waals surface area contributed by atoms with Gasteiger partial charge in [-0.3, -0.25) is 0 Å². The second-order valence-corrected chi connectivity index (χ2v) is 6.81. The maximum Gasteiger partial charge on any atom is 0.0606 e. The van der Waals surface area contributed by atoms with Crippen molar-refractivity contribution in [1.82, 2.24) is 4.90 Å². The first kappa shape index (κ1) is 17.1. The van der Waals surface area contributed by atoms with Crippen molar-refractivity contribution in [3.05, 3.63) is 24.3 Å². The van der Waals surface area contributed by atoms with Crippen LogP contribution < -0.4 is 10.2 Å². The lowest BCUT2D eigenvalue weighted by atomic mass is 10.0. The molecule has 1 aromatic carbocycles. The maximum atomic E-state index is 8.99. The van der Waals surface area contributed by atoms with E-state index in [-0.39, 0.29) is 6.61 Å². The molecule has 1 fully saturated rings. The Morgan fingerprint density at radius 1 is 1.23 bits per heavy atom. The minimum atomic E-state index is 0.186. The van der Waals surface area contributed by atoms with Crippen LogP contribution in [0.3, 0.4) is 0 Å². The Hall–Kier alpha value is -1.26. The van der Waals surface area contributed by atoms with Crippen LogP contribution in [0.2, 0.25) is 0 Å². The van der Waals surface area contributed by atoms with Gasteiger partial charge in [-0.05, 0) is 43.0 Å². The fourth-order valence-electron chi connectivity index (χ4n) is 3.10. The Morgan fingerprint density at radius 2 is 1.86 bits per heavy atom. The monoisotopic (exact) mass is 305 g/mol. The van der Waals surface area contributed by atoms with Crippen molar-refractivity contribution in [2.24, 2.45) is 5.92 Å². The average Bonchev–Trinajstić information content (AvgIpc) is 2.50. The van der Waals surface area contributed by atoms with Gasteiger partial charge in [0.25, 0.3) is 0 Å². The van der Waals surface area contributed by atoms with Crippen molar-refractivity contribution in [1.29, 1.82) is 0 Å². The van der Waals surface area contributed by atoms with E-state index in [4.69, 9.17) is 5.11 Å². The Labute approximate surface area is 135 Å². The van der Waals surface area contributed by atoms with Crippen molar-refractivity contribution in [3.63, 3.8) is 0 Å². The van der Waals surface area contributed by atoms with Crippen LogP contribution in [0.5, 0.6) is 0 Å². The van der Waals surface area contributed by atoms with Crippen LogP contribution in [-0.4, -0.2) is 55.9 Å². The normalized spacial score (nSPS) is 17.0. The largest absolute Gasteiger partial charge is 0.395 e. The topological polar surface area (TPSA) is 38.7 Å². The van der Waals surface area contributed by atoms with Gasteiger partial charge in [-0.15, -0.1) is 0 Å². The van der Waals surface area contributed by atoms with Crippen molar-refractivity contribution < 1.29 is 5.11 Å². The lowest BCUT2D eigenvalue weighted by Gasteiger charge is -2.33. The molecule has 1 aliphatic rings. The fourth-order valence-corrected chi connectivity index (χ4v) is 3.10. The number of rotatable bonds is 7. The van der Waals surface area contributed by atoms with E-state index in [1.807, 2.05) is 7.05 Å². The molecule has 0 saturated carbocycles. The Balaban J connectivity index is 1.80. The zero-order valence-electron chi connectivity index (χ0n) is 14.3. The van der Waals surface area contributed by atoms with E-state index in [0.29, 0.717) is 12.6 Å². The number of aliphatic hydroxyl groups is 1. The third-order valence-electron chi connectivity index (χ3n) is 4.33. The van der Waals surface area contributed by atoms with Gasteiger partial charge in [-0.25, -0.2) is 0 Å². The zero-order valence-corrected chi connectivity index (χ0v) is 14.3. The number of likely N-dealkylation sites (tertiary alicyclic amines) is 1. The molecule has 0 spiro atoms. The van der Waals surface area contributed by atoms with Gasteiger partial charge in [-0.1, -0.05) is 13.8 Å². The Morgan fingerprint density at radius 3 is 2.41 bits per heavy atom. The number of hydrogen-bond donors (Lipinski definition) is 2. The van der Waals surface area contributed by atoms with E-state index in [0.717, 1.165) is 11.6 Å². The van der Waals surface area contributed by atoms with Gasteiger partial charge in [0.15, 0.2) is 0 Å². The SMILES string of the molecule is CC(C)CN1CCC(Nc2ccc(N(C)CCO)cc2)CC1. The summed E-state index contributed by atoms with van der Waals surface area (Å²) in [6.45, 7) is 9.06. The number of aliphatic hydroxyl groups excluding tert-OH is 1. The number of likely N-dealkylation sites (N-methyl/N-ethyl adjacent to an activating group) is 1. The molecule has 0 aromatic heterocycles. The minimum absolute atomic E-state index is 0.186. The molecule has 1 saturated heterocycles. The van der Waals surface area contributed by atoms with E-state index < -0.39 is 0 Å². The summed E-state index contributed by atoms with van der Waals surface area (Å²) >= 11 is 0. The first-order chi connectivity index (χ1) is 10.6. The molecule has 2 N–H and O–H groups in total. The fraction of sp³-hybridized carbons (Fsp3) is 0.667. The van der Waals surface area contributed by atoms with Gasteiger partial charge in [-0.2, -0.15) is 0 Å². The van der Waals surface area contributed by atoms with E-state index in [2.05, 4.69) is 53.2 Å². The van der Waals surface area contributed by atoms with Crippen LogP contribution in [0.15, 0.2) is 24.3 Å². The molecular weight excluding hydrogens is 274 g/mol. The second kappa shape index (κ2) is 8.39. The van der Waals surface area contributed by atoms with E-state index in [1.54, 1.807) is 0 Å². The second-order valence-electron chi connectivity index (χ2n) is 6.81. The van der Waals surface area contributed by atoms with E-state index in [1.165, 1.54) is 38.2 Å². The molecule has 2 rings (SSSR count). The molecule has 0 unspecified atom stereocenters. The van der Waals surface area contributed by atoms with Gasteiger partial charge in [0.05, 0.1) is 6.61 Å². The average molecular weight is 305 g/mol. The molecule has 0 aliphatic carbocycles. The number of nitrogens with zero attached hydrogens (tertiary/aromatic N) is 2. The van der Waals surface area contributed by atoms with Gasteiger partial charge in [0, 0.05) is 50.6 Å². The molecule has 0 bridgehead atoms. The Kier molecular flexibility index (Phi) is 6.52. The number of benzene rings is 1. The number of nitrogens with one attached hydrogen (secondary N) is 1. The third-order valence-corrected chi connectivity index (χ3v) is 4.33. The van der Waals surface area contributed by atoms with Crippen LogP contribution >= 0.6 is 0 Å². The minimum Gasteiger partial charge on any atom is -0.395 e. The summed E-state index contributed by atoms with van der Waals surface area (Å²) in [6, 6.07) is 9.11. The summed E-state index contributed by atoms with van der Waals surface area (Å²) in [5, 5.41) is 12.6. The van der Waals surface area contributed by atoms with Crippen LogP contribution in [0.25, 0.3) is 0 Å². The van der Waals surface area contributed by atoms with Gasteiger partial charge < -0.3 is 20.2 Å². The Bertz CT molecular complexity index is 424. The van der Waals surface area contributed by atoms with Gasteiger partial charge >= 0.3 is 0 Å². The van der Waals surface area contributed by atoms with E-state index >= 15 is 0 Å². The zero-order chi connectivity index (χ0) is 15.9. The molecule has 1 aliphatic heterocycles. The van der Waals surface area contributed by atoms with E-state index in [9.17, 15) is 0 Å². The molecule has 4 nitrogen and oxygen atoms in total. The number of anilines is 2. The van der Waals surface area contributed by atoms with Crippen LogP contribution in [-0.2, 0) is 0 Å². The summed E-state index contributed by atoms with van der Waals surface area (Å²) in [7, 11) is 2.00. The molecule has 124 valence electrons. The maximum absolute atomic E-state index is 8.99. The summed E-state index contributed by atoms with van der Waals surface area (Å²) in [5.41, 5.74) is 2.34. The van der Waals surface area contributed by atoms with Crippen LogP contribution in [0, 0.1) is 5.92 Å². The lowest BCUT2D eigenvalue weighted by Crippen LogP contribution is -2.40. The summed E-state index contributed by atoms with van der Waals surface area (Å²) in [6.07, 6.45) is 2.44. The molecular formula is C18H31N3O. The lowest BCUT2D eigenvalue weighted by molar-refractivity contribution is 0.198. The highest BCUT2D eigenvalue weighted by Gasteiger charge is 2.19. The summed E-state index contributed by atoms with van der Waals surface area (Å²) in [4.78, 5) is 4.64. The smallest absolute Gasteiger partial charge is 0.0606 e. The molecule has 1 aromatic rings. The number of piperidine rings is 1. The van der Waals surface area contributed by atoms with Crippen molar-refractivity contribution >= 4 is 11.4 Å². The van der Waals surface area contributed by atoms with Gasteiger partial charge in [0.1, 0.15) is 0 Å². The molecule has 0 radical (unpaired) electrons.